The summed E-state index contributed by atoms with van der Waals surface area (Å²) in [5, 5.41) is 0. The molecule has 8 atom stereocenters. The Labute approximate surface area is 107 Å². The van der Waals surface area contributed by atoms with Gasteiger partial charge in [0.05, 0.1) is 25.3 Å². The van der Waals surface area contributed by atoms with Crippen LogP contribution in [-0.4, -0.2) is 27.1 Å². The molecule has 4 aliphatic carbocycles. The summed E-state index contributed by atoms with van der Waals surface area (Å²) in [6.07, 6.45) is 0. The van der Waals surface area contributed by atoms with E-state index in [0.29, 0.717) is 11.8 Å². The van der Waals surface area contributed by atoms with Crippen molar-refractivity contribution in [1.29, 1.82) is 0 Å². The minimum Gasteiger partial charge on any atom is -0.380 e. The first-order valence-electron chi connectivity index (χ1n) is 7.16. The van der Waals surface area contributed by atoms with Crippen LogP contribution in [0.5, 0.6) is 0 Å². The number of aromatic nitrogens is 3. The lowest BCUT2D eigenvalue weighted by Gasteiger charge is -2.44. The van der Waals surface area contributed by atoms with Crippen LogP contribution < -0.4 is 11.4 Å². The first-order chi connectivity index (χ1) is 9.18. The molecule has 4 heterocycles. The summed E-state index contributed by atoms with van der Waals surface area (Å²) in [5.74, 6) is 2.86. The molecule has 0 amide bonds. The molecule has 19 heavy (non-hydrogen) atoms. The highest BCUT2D eigenvalue weighted by molar-refractivity contribution is 5.50. The van der Waals surface area contributed by atoms with Crippen LogP contribution in [0.4, 0.5) is 0 Å². The maximum Gasteiger partial charge on any atom is 0.347 e. The lowest BCUT2D eigenvalue weighted by Crippen LogP contribution is -2.52. The van der Waals surface area contributed by atoms with Crippen molar-refractivity contribution < 1.29 is 4.74 Å². The van der Waals surface area contributed by atoms with E-state index in [1.54, 1.807) is 7.05 Å². The Morgan fingerprint density at radius 1 is 1.00 bits per heavy atom. The topological polar surface area (TPSA) is 58.2 Å². The van der Waals surface area contributed by atoms with Crippen molar-refractivity contribution in [3.63, 3.8) is 0 Å². The van der Waals surface area contributed by atoms with Crippen molar-refractivity contribution in [2.24, 2.45) is 41.5 Å². The fourth-order valence-corrected chi connectivity index (χ4v) is 7.50. The highest BCUT2D eigenvalue weighted by atomic mass is 16.5. The SMILES string of the molecule is Cn1c(=O)n2n(c1=O)[C@@H]1[C@H]3C4C5[C@@]6(COC[C@@]516)[C@H]2[C@H]43. The molecule has 98 valence electrons. The van der Waals surface area contributed by atoms with E-state index < -0.39 is 0 Å². The Hall–Kier alpha value is -1.30. The number of ether oxygens (including phenoxy) is 1. The van der Waals surface area contributed by atoms with E-state index in [0.717, 1.165) is 25.0 Å². The van der Waals surface area contributed by atoms with Crippen molar-refractivity contribution in [2.45, 2.75) is 12.1 Å². The first kappa shape index (κ1) is 8.79. The number of rotatable bonds is 0. The molecule has 7 aliphatic rings. The Balaban J connectivity index is 1.71. The predicted octanol–water partition coefficient (Wildman–Crippen LogP) is -1.03. The summed E-state index contributed by atoms with van der Waals surface area (Å²) in [4.78, 5) is 24.8. The van der Waals surface area contributed by atoms with Crippen molar-refractivity contribution in [3.8, 4) is 0 Å². The van der Waals surface area contributed by atoms with E-state index in [2.05, 4.69) is 0 Å². The van der Waals surface area contributed by atoms with E-state index in [1.165, 1.54) is 4.57 Å². The third-order valence-electron chi connectivity index (χ3n) is 7.66. The van der Waals surface area contributed by atoms with E-state index in [1.807, 2.05) is 9.36 Å². The lowest BCUT2D eigenvalue weighted by atomic mass is 9.73. The van der Waals surface area contributed by atoms with Crippen LogP contribution in [0.2, 0.25) is 0 Å². The largest absolute Gasteiger partial charge is 0.380 e. The molecule has 5 fully saturated rings. The van der Waals surface area contributed by atoms with Crippen LogP contribution in [0.15, 0.2) is 9.59 Å². The molecule has 2 unspecified atom stereocenters. The molecule has 1 aromatic heterocycles. The van der Waals surface area contributed by atoms with Gasteiger partial charge in [0.25, 0.3) is 0 Å². The molecule has 2 bridgehead atoms. The van der Waals surface area contributed by atoms with E-state index >= 15 is 0 Å². The predicted molar refractivity (Wildman–Crippen MR) is 61.7 cm³/mol. The van der Waals surface area contributed by atoms with E-state index in [9.17, 15) is 9.59 Å². The average Bonchev–Trinajstić information content (AvgIpc) is 3.01. The molecule has 2 spiro atoms. The van der Waals surface area contributed by atoms with Gasteiger partial charge in [-0.1, -0.05) is 0 Å². The van der Waals surface area contributed by atoms with Crippen LogP contribution in [-0.2, 0) is 11.8 Å². The lowest BCUT2D eigenvalue weighted by molar-refractivity contribution is 0.0280. The minimum atomic E-state index is -0.119. The monoisotopic (exact) mass is 259 g/mol. The van der Waals surface area contributed by atoms with Gasteiger partial charge in [0, 0.05) is 17.9 Å². The van der Waals surface area contributed by atoms with Gasteiger partial charge in [0.2, 0.25) is 0 Å². The van der Waals surface area contributed by atoms with Gasteiger partial charge in [-0.2, -0.15) is 0 Å². The molecular formula is C13H13N3O3. The molecule has 0 radical (unpaired) electrons. The Morgan fingerprint density at radius 3 is 2.05 bits per heavy atom. The second kappa shape index (κ2) is 1.89. The average molecular weight is 259 g/mol. The highest BCUT2D eigenvalue weighted by Gasteiger charge is 3.04. The van der Waals surface area contributed by atoms with Crippen LogP contribution in [0, 0.1) is 34.5 Å². The standard InChI is InChI=1S/C13H13N3O3/c1-14-10(17)15-8-5-4-6(5)9(16(15)11(14)18)13-3-19-2-12(8,13)7(4)13/h4-9H,2-3H2,1H3/t4?,5-,6+,7?,8-,9-,12+,13-/m1/s1. The molecule has 1 aromatic rings. The van der Waals surface area contributed by atoms with Crippen molar-refractivity contribution >= 4 is 0 Å². The fourth-order valence-electron chi connectivity index (χ4n) is 7.50. The third-order valence-corrected chi connectivity index (χ3v) is 7.66. The first-order valence-corrected chi connectivity index (χ1v) is 7.16. The molecular weight excluding hydrogens is 246 g/mol. The van der Waals surface area contributed by atoms with Crippen LogP contribution in [0.25, 0.3) is 0 Å². The Kier molecular flexibility index (Phi) is 0.873. The van der Waals surface area contributed by atoms with Gasteiger partial charge in [-0.15, -0.1) is 0 Å². The van der Waals surface area contributed by atoms with Crippen molar-refractivity contribution in [3.05, 3.63) is 21.0 Å². The fraction of sp³-hybridized carbons (Fsp3) is 0.846. The quantitative estimate of drug-likeness (QED) is 0.598. The van der Waals surface area contributed by atoms with Crippen LogP contribution >= 0.6 is 0 Å². The van der Waals surface area contributed by atoms with Crippen LogP contribution in [0.3, 0.4) is 0 Å². The molecule has 8 rings (SSSR count). The van der Waals surface area contributed by atoms with Gasteiger partial charge in [0.1, 0.15) is 0 Å². The maximum atomic E-state index is 12.4. The number of nitrogens with zero attached hydrogens (tertiary/aromatic N) is 3. The molecule has 6 heteroatoms. The molecule has 3 aliphatic heterocycles. The molecule has 4 saturated carbocycles. The number of hydrogen-bond acceptors (Lipinski definition) is 3. The van der Waals surface area contributed by atoms with Gasteiger partial charge in [-0.25, -0.2) is 23.5 Å². The molecule has 6 nitrogen and oxygen atoms in total. The summed E-state index contributed by atoms with van der Waals surface area (Å²) in [5.41, 5.74) is 0.205. The van der Waals surface area contributed by atoms with Crippen molar-refractivity contribution in [2.75, 3.05) is 13.2 Å². The third kappa shape index (κ3) is 0.469. The zero-order valence-electron chi connectivity index (χ0n) is 10.4. The summed E-state index contributed by atoms with van der Waals surface area (Å²) >= 11 is 0. The molecule has 1 saturated heterocycles. The smallest absolute Gasteiger partial charge is 0.347 e. The Morgan fingerprint density at radius 2 is 1.53 bits per heavy atom. The van der Waals surface area contributed by atoms with Gasteiger partial charge in [0.15, 0.2) is 0 Å². The minimum absolute atomic E-state index is 0.119. The van der Waals surface area contributed by atoms with Crippen LogP contribution in [0.1, 0.15) is 12.1 Å². The zero-order valence-corrected chi connectivity index (χ0v) is 10.4. The van der Waals surface area contributed by atoms with E-state index in [-0.39, 0.29) is 34.3 Å². The second-order valence-corrected chi connectivity index (χ2v) is 7.49. The van der Waals surface area contributed by atoms with Gasteiger partial charge in [-0.3, -0.25) is 0 Å². The summed E-state index contributed by atoms with van der Waals surface area (Å²) in [6, 6.07) is 0.503. The van der Waals surface area contributed by atoms with Gasteiger partial charge in [-0.05, 0) is 23.7 Å². The maximum absolute atomic E-state index is 12.4. The second-order valence-electron chi connectivity index (χ2n) is 7.49. The summed E-state index contributed by atoms with van der Waals surface area (Å²) < 4.78 is 10.7. The van der Waals surface area contributed by atoms with Gasteiger partial charge < -0.3 is 4.74 Å². The highest BCUT2D eigenvalue weighted by Crippen LogP contribution is 3.03. The van der Waals surface area contributed by atoms with Crippen molar-refractivity contribution in [1.82, 2.24) is 13.9 Å². The normalized spacial score (nSPS) is 63.2. The van der Waals surface area contributed by atoms with E-state index in [4.69, 9.17) is 4.74 Å². The summed E-state index contributed by atoms with van der Waals surface area (Å²) in [6.45, 7) is 1.63. The Bertz CT molecular complexity index is 770. The number of hydrogen-bond donors (Lipinski definition) is 0. The summed E-state index contributed by atoms with van der Waals surface area (Å²) in [7, 11) is 1.61. The molecule has 0 N–H and O–H groups in total. The van der Waals surface area contributed by atoms with Gasteiger partial charge >= 0.3 is 11.4 Å². The molecule has 0 aromatic carbocycles. The zero-order chi connectivity index (χ0) is 12.5.